The van der Waals surface area contributed by atoms with Crippen LogP contribution in [-0.2, 0) is 16.0 Å². The molecule has 0 spiro atoms. The van der Waals surface area contributed by atoms with Gasteiger partial charge in [-0.2, -0.15) is 0 Å². The maximum Gasteiger partial charge on any atom is 0.394 e. The fourth-order valence-corrected chi connectivity index (χ4v) is 4.94. The number of aromatic nitrogens is 1. The van der Waals surface area contributed by atoms with E-state index in [2.05, 4.69) is 20.9 Å². The number of benzene rings is 1. The second-order valence-electron chi connectivity index (χ2n) is 7.09. The summed E-state index contributed by atoms with van der Waals surface area (Å²) in [5.41, 5.74) is 1.20. The van der Waals surface area contributed by atoms with Gasteiger partial charge >= 0.3 is 17.8 Å². The number of carbonyl (C=O) groups is 4. The highest BCUT2D eigenvalue weighted by Gasteiger charge is 2.31. The molecule has 166 valence electrons. The number of aromatic amines is 1. The lowest BCUT2D eigenvalue weighted by atomic mass is 9.99. The number of rotatable bonds is 5. The van der Waals surface area contributed by atoms with Crippen molar-refractivity contribution in [2.45, 2.75) is 12.5 Å². The van der Waals surface area contributed by atoms with E-state index in [1.807, 2.05) is 0 Å². The first-order valence-corrected chi connectivity index (χ1v) is 10.3. The minimum atomic E-state index is -1.73. The third-order valence-electron chi connectivity index (χ3n) is 5.05. The number of anilines is 1. The van der Waals surface area contributed by atoms with Crippen LogP contribution < -0.4 is 16.0 Å². The number of hydrogen-bond donors (Lipinski definition) is 6. The van der Waals surface area contributed by atoms with E-state index >= 15 is 0 Å². The van der Waals surface area contributed by atoms with Gasteiger partial charge in [0.25, 0.3) is 5.91 Å². The summed E-state index contributed by atoms with van der Waals surface area (Å²) in [6.07, 6.45) is 0.369. The molecule has 1 aromatic carbocycles. The first-order valence-electron chi connectivity index (χ1n) is 9.47. The van der Waals surface area contributed by atoms with Gasteiger partial charge in [0.05, 0.1) is 11.6 Å². The minimum absolute atomic E-state index is 0.0624. The normalized spacial score (nSPS) is 15.2. The summed E-state index contributed by atoms with van der Waals surface area (Å²) < 4.78 is 13.4. The summed E-state index contributed by atoms with van der Waals surface area (Å²) in [6, 6.07) is 5.21. The fourth-order valence-electron chi connectivity index (χ4n) is 3.63. The number of carboxylic acid groups (broad SMARTS) is 2. The Hall–Kier alpha value is -3.77. The van der Waals surface area contributed by atoms with Crippen molar-refractivity contribution in [2.24, 2.45) is 0 Å². The Balaban J connectivity index is 1.54. The molecule has 3 heterocycles. The molecule has 6 N–H and O–H groups in total. The Morgan fingerprint density at radius 2 is 1.97 bits per heavy atom. The predicted octanol–water partition coefficient (Wildman–Crippen LogP) is 1.71. The first-order chi connectivity index (χ1) is 15.2. The maximum atomic E-state index is 13.4. The van der Waals surface area contributed by atoms with Crippen molar-refractivity contribution < 1.29 is 33.8 Å². The number of aromatic carboxylic acids is 1. The Morgan fingerprint density at radius 3 is 2.69 bits per heavy atom. The topological polar surface area (TPSA) is 161 Å². The van der Waals surface area contributed by atoms with Crippen molar-refractivity contribution in [1.82, 2.24) is 15.6 Å². The number of fused-ring (bicyclic) bond motifs is 2. The smallest absolute Gasteiger partial charge is 0.394 e. The van der Waals surface area contributed by atoms with Crippen LogP contribution >= 0.6 is 11.3 Å². The lowest BCUT2D eigenvalue weighted by molar-refractivity contribution is -0.147. The zero-order chi connectivity index (χ0) is 23.0. The van der Waals surface area contributed by atoms with Gasteiger partial charge in [-0.25, -0.2) is 14.0 Å². The molecule has 1 aliphatic heterocycles. The van der Waals surface area contributed by atoms with Crippen molar-refractivity contribution >= 4 is 51.0 Å². The third kappa shape index (κ3) is 4.05. The SMILES string of the molecule is O=C(O)C(=O)Nc1sc2c(c1C(=O)O)CCNC2CNC(=O)c1cc2cc(F)ccc2[nH]1. The number of carbonyl (C=O) groups excluding carboxylic acids is 2. The summed E-state index contributed by atoms with van der Waals surface area (Å²) >= 11 is 0.958. The average molecular weight is 460 g/mol. The van der Waals surface area contributed by atoms with Gasteiger partial charge in [0.2, 0.25) is 0 Å². The van der Waals surface area contributed by atoms with Gasteiger partial charge in [-0.05, 0) is 42.8 Å². The van der Waals surface area contributed by atoms with Crippen LogP contribution in [0.1, 0.15) is 37.3 Å². The summed E-state index contributed by atoms with van der Waals surface area (Å²) in [5.74, 6) is -5.18. The summed E-state index contributed by atoms with van der Waals surface area (Å²) in [5, 5.41) is 27.0. The molecule has 0 aliphatic carbocycles. The second kappa shape index (κ2) is 8.40. The zero-order valence-corrected chi connectivity index (χ0v) is 17.1. The molecule has 3 aromatic rings. The molecule has 1 aliphatic rings. The number of carboxylic acids is 2. The number of thiophene rings is 1. The van der Waals surface area contributed by atoms with E-state index in [0.717, 1.165) is 11.3 Å². The number of nitrogens with one attached hydrogen (secondary N) is 4. The Morgan fingerprint density at radius 1 is 1.19 bits per heavy atom. The standard InChI is InChI=1S/C20H17FN4O6S/c21-9-1-2-11-8(5-9)6-12(24-11)16(26)23-7-13-15-10(3-4-22-13)14(19(28)29)18(32-15)25-17(27)20(30)31/h1-2,5-6,13,22,24H,3-4,7H2,(H,23,26)(H,25,27)(H,28,29)(H,30,31). The molecular weight excluding hydrogens is 443 g/mol. The summed E-state index contributed by atoms with van der Waals surface area (Å²) in [7, 11) is 0. The van der Waals surface area contributed by atoms with Crippen LogP contribution in [0.3, 0.4) is 0 Å². The van der Waals surface area contributed by atoms with E-state index in [-0.39, 0.29) is 22.8 Å². The third-order valence-corrected chi connectivity index (χ3v) is 6.31. The van der Waals surface area contributed by atoms with Gasteiger partial charge in [0.1, 0.15) is 16.5 Å². The molecular formula is C20H17FN4O6S. The van der Waals surface area contributed by atoms with Gasteiger partial charge in [-0.15, -0.1) is 11.3 Å². The van der Waals surface area contributed by atoms with Crippen LogP contribution in [0.2, 0.25) is 0 Å². The molecule has 12 heteroatoms. The summed E-state index contributed by atoms with van der Waals surface area (Å²) in [6.45, 7) is 0.546. The monoisotopic (exact) mass is 460 g/mol. The molecule has 1 unspecified atom stereocenters. The Kier molecular flexibility index (Phi) is 5.63. The molecule has 2 amide bonds. The number of hydrogen-bond acceptors (Lipinski definition) is 6. The molecule has 0 bridgehead atoms. The molecule has 0 fully saturated rings. The van der Waals surface area contributed by atoms with Crippen LogP contribution in [0.5, 0.6) is 0 Å². The van der Waals surface area contributed by atoms with Crippen LogP contribution in [-0.4, -0.2) is 52.0 Å². The molecule has 2 aromatic heterocycles. The van der Waals surface area contributed by atoms with Crippen LogP contribution in [0.15, 0.2) is 24.3 Å². The molecule has 1 atom stereocenters. The largest absolute Gasteiger partial charge is 0.478 e. The van der Waals surface area contributed by atoms with Gasteiger partial charge in [-0.1, -0.05) is 0 Å². The van der Waals surface area contributed by atoms with Crippen LogP contribution in [0, 0.1) is 5.82 Å². The predicted molar refractivity (Wildman–Crippen MR) is 113 cm³/mol. The van der Waals surface area contributed by atoms with Gasteiger partial charge < -0.3 is 31.1 Å². The summed E-state index contributed by atoms with van der Waals surface area (Å²) in [4.78, 5) is 50.2. The lowest BCUT2D eigenvalue weighted by Crippen LogP contribution is -2.38. The van der Waals surface area contributed by atoms with Crippen molar-refractivity contribution in [3.8, 4) is 0 Å². The molecule has 0 radical (unpaired) electrons. The maximum absolute atomic E-state index is 13.4. The van der Waals surface area contributed by atoms with E-state index in [4.69, 9.17) is 5.11 Å². The second-order valence-corrected chi connectivity index (χ2v) is 8.15. The van der Waals surface area contributed by atoms with Crippen molar-refractivity contribution in [3.05, 3.63) is 51.8 Å². The van der Waals surface area contributed by atoms with Crippen LogP contribution in [0.4, 0.5) is 9.39 Å². The number of H-pyrrole nitrogens is 1. The van der Waals surface area contributed by atoms with E-state index in [9.17, 15) is 28.7 Å². The molecule has 32 heavy (non-hydrogen) atoms. The van der Waals surface area contributed by atoms with E-state index in [0.29, 0.717) is 34.3 Å². The molecule has 4 rings (SSSR count). The van der Waals surface area contributed by atoms with Gasteiger partial charge in [0.15, 0.2) is 0 Å². The van der Waals surface area contributed by atoms with Crippen molar-refractivity contribution in [1.29, 1.82) is 0 Å². The van der Waals surface area contributed by atoms with E-state index in [1.165, 1.54) is 24.3 Å². The number of amides is 2. The lowest BCUT2D eigenvalue weighted by Gasteiger charge is -2.24. The number of halogens is 1. The van der Waals surface area contributed by atoms with Gasteiger partial charge in [0, 0.05) is 22.3 Å². The first kappa shape index (κ1) is 21.5. The van der Waals surface area contributed by atoms with E-state index < -0.39 is 35.6 Å². The van der Waals surface area contributed by atoms with Gasteiger partial charge in [-0.3, -0.25) is 9.59 Å². The molecule has 10 nitrogen and oxygen atoms in total. The van der Waals surface area contributed by atoms with Crippen molar-refractivity contribution in [3.63, 3.8) is 0 Å². The highest BCUT2D eigenvalue weighted by atomic mass is 32.1. The highest BCUT2D eigenvalue weighted by Crippen LogP contribution is 2.39. The zero-order valence-electron chi connectivity index (χ0n) is 16.3. The Bertz CT molecular complexity index is 1270. The molecule has 0 saturated carbocycles. The quantitative estimate of drug-likeness (QED) is 0.316. The number of aliphatic carboxylic acids is 1. The van der Waals surface area contributed by atoms with Crippen LogP contribution in [0.25, 0.3) is 10.9 Å². The van der Waals surface area contributed by atoms with E-state index in [1.54, 1.807) is 0 Å². The highest BCUT2D eigenvalue weighted by molar-refractivity contribution is 7.17. The Labute approximate surface area is 183 Å². The van der Waals surface area contributed by atoms with Crippen molar-refractivity contribution in [2.75, 3.05) is 18.4 Å². The molecule has 0 saturated heterocycles. The average Bonchev–Trinajstić information content (AvgIpc) is 3.32. The minimum Gasteiger partial charge on any atom is -0.478 e. The fraction of sp³-hybridized carbons (Fsp3) is 0.200.